The molecule has 2 aliphatic heterocycles. The molecule has 24 heavy (non-hydrogen) atoms. The molecule has 1 atom stereocenters. The Morgan fingerprint density at radius 1 is 1.00 bits per heavy atom. The van der Waals surface area contributed by atoms with Gasteiger partial charge in [-0.1, -0.05) is 35.3 Å². The van der Waals surface area contributed by atoms with Gasteiger partial charge in [-0.3, -0.25) is 0 Å². The summed E-state index contributed by atoms with van der Waals surface area (Å²) in [5.74, 6) is 1.49. The molecule has 0 bridgehead atoms. The maximum absolute atomic E-state index is 6.12. The van der Waals surface area contributed by atoms with Crippen LogP contribution < -0.4 is 20.1 Å². The average molecular weight is 379 g/mol. The fourth-order valence-electron chi connectivity index (χ4n) is 2.67. The first-order valence-corrected chi connectivity index (χ1v) is 8.41. The fraction of sp³-hybridized carbons (Fsp3) is 0.118. The average Bonchev–Trinajstić information content (AvgIpc) is 3.04. The first-order chi connectivity index (χ1) is 11.6. The van der Waals surface area contributed by atoms with Crippen LogP contribution in [0.3, 0.4) is 0 Å². The lowest BCUT2D eigenvalue weighted by molar-refractivity contribution is 0.174. The second-order valence-electron chi connectivity index (χ2n) is 5.40. The first-order valence-electron chi connectivity index (χ1n) is 7.24. The maximum atomic E-state index is 6.12. The number of hydrogen-bond acceptors (Lipinski definition) is 3. The zero-order valence-electron chi connectivity index (χ0n) is 12.3. The van der Waals surface area contributed by atoms with Crippen LogP contribution in [0.25, 0.3) is 5.70 Å². The maximum Gasteiger partial charge on any atom is 0.231 e. The van der Waals surface area contributed by atoms with Crippen molar-refractivity contribution in [3.8, 4) is 11.5 Å². The summed E-state index contributed by atoms with van der Waals surface area (Å²) in [5.41, 5.74) is 2.82. The van der Waals surface area contributed by atoms with Crippen LogP contribution in [0.1, 0.15) is 17.2 Å². The van der Waals surface area contributed by atoms with Crippen molar-refractivity contribution in [1.29, 1.82) is 0 Å². The van der Waals surface area contributed by atoms with Gasteiger partial charge in [0.05, 0.1) is 16.1 Å². The Morgan fingerprint density at radius 2 is 1.83 bits per heavy atom. The van der Waals surface area contributed by atoms with E-state index in [-0.39, 0.29) is 12.8 Å². The summed E-state index contributed by atoms with van der Waals surface area (Å²) in [6.07, 6.45) is 2.05. The Hall–Kier alpha value is -1.95. The molecule has 2 aliphatic rings. The molecule has 1 unspecified atom stereocenters. The van der Waals surface area contributed by atoms with E-state index in [1.54, 1.807) is 6.07 Å². The second kappa shape index (κ2) is 6.16. The van der Waals surface area contributed by atoms with Gasteiger partial charge in [0.1, 0.15) is 0 Å². The van der Waals surface area contributed by atoms with Crippen LogP contribution in [0.15, 0.2) is 42.5 Å². The molecule has 0 radical (unpaired) electrons. The van der Waals surface area contributed by atoms with Gasteiger partial charge in [-0.2, -0.15) is 0 Å². The molecule has 122 valence electrons. The van der Waals surface area contributed by atoms with E-state index in [4.69, 9.17) is 44.9 Å². The monoisotopic (exact) mass is 378 g/mol. The van der Waals surface area contributed by atoms with Crippen molar-refractivity contribution in [2.24, 2.45) is 0 Å². The van der Waals surface area contributed by atoms with E-state index >= 15 is 0 Å². The van der Waals surface area contributed by atoms with Crippen LogP contribution in [0, 0.1) is 0 Å². The lowest BCUT2D eigenvalue weighted by atomic mass is 10.0. The molecule has 0 spiro atoms. The summed E-state index contributed by atoms with van der Waals surface area (Å²) >= 11 is 17.5. The fourth-order valence-corrected chi connectivity index (χ4v) is 3.20. The van der Waals surface area contributed by atoms with Gasteiger partial charge >= 0.3 is 0 Å². The zero-order chi connectivity index (χ0) is 16.7. The van der Waals surface area contributed by atoms with E-state index in [9.17, 15) is 0 Å². The van der Waals surface area contributed by atoms with Gasteiger partial charge in [0, 0.05) is 5.70 Å². The highest BCUT2D eigenvalue weighted by molar-refractivity contribution is 7.80. The Bertz CT molecular complexity index is 870. The van der Waals surface area contributed by atoms with Crippen molar-refractivity contribution in [3.63, 3.8) is 0 Å². The predicted molar refractivity (Wildman–Crippen MR) is 98.6 cm³/mol. The van der Waals surface area contributed by atoms with Gasteiger partial charge in [0.25, 0.3) is 0 Å². The molecule has 2 N–H and O–H groups in total. The summed E-state index contributed by atoms with van der Waals surface area (Å²) < 4.78 is 10.8. The Balaban J connectivity index is 1.70. The number of fused-ring (bicyclic) bond motifs is 1. The minimum Gasteiger partial charge on any atom is -0.454 e. The summed E-state index contributed by atoms with van der Waals surface area (Å²) in [5, 5.41) is 7.96. The van der Waals surface area contributed by atoms with E-state index in [1.165, 1.54) is 0 Å². The molecule has 2 aromatic carbocycles. The number of halogens is 2. The van der Waals surface area contributed by atoms with Crippen molar-refractivity contribution < 1.29 is 9.47 Å². The third-order valence-electron chi connectivity index (χ3n) is 3.85. The molecule has 0 amide bonds. The summed E-state index contributed by atoms with van der Waals surface area (Å²) in [6.45, 7) is 0.251. The quantitative estimate of drug-likeness (QED) is 0.763. The highest BCUT2D eigenvalue weighted by atomic mass is 35.5. The number of nitrogens with one attached hydrogen (secondary N) is 2. The summed E-state index contributed by atoms with van der Waals surface area (Å²) in [7, 11) is 0. The van der Waals surface area contributed by atoms with Crippen LogP contribution in [0.4, 0.5) is 0 Å². The van der Waals surface area contributed by atoms with Crippen LogP contribution in [0.5, 0.6) is 11.5 Å². The van der Waals surface area contributed by atoms with Gasteiger partial charge in [-0.05, 0) is 53.7 Å². The van der Waals surface area contributed by atoms with Crippen molar-refractivity contribution in [2.45, 2.75) is 6.04 Å². The van der Waals surface area contributed by atoms with Crippen LogP contribution >= 0.6 is 35.4 Å². The molecule has 0 fully saturated rings. The van der Waals surface area contributed by atoms with Crippen LogP contribution in [-0.2, 0) is 0 Å². The van der Waals surface area contributed by atoms with Crippen LogP contribution in [-0.4, -0.2) is 11.9 Å². The largest absolute Gasteiger partial charge is 0.454 e. The molecular formula is C17H12Cl2N2O2S. The molecule has 0 saturated heterocycles. The lowest BCUT2D eigenvalue weighted by Gasteiger charge is -2.26. The molecule has 4 rings (SSSR count). The minimum atomic E-state index is -0.0855. The molecule has 0 aromatic heterocycles. The van der Waals surface area contributed by atoms with E-state index < -0.39 is 0 Å². The second-order valence-corrected chi connectivity index (χ2v) is 6.62. The van der Waals surface area contributed by atoms with Crippen molar-refractivity contribution >= 4 is 46.2 Å². The van der Waals surface area contributed by atoms with E-state index in [0.29, 0.717) is 15.2 Å². The van der Waals surface area contributed by atoms with Gasteiger partial charge < -0.3 is 20.1 Å². The van der Waals surface area contributed by atoms with Gasteiger partial charge in [-0.25, -0.2) is 0 Å². The number of ether oxygens (including phenoxy) is 2. The molecular weight excluding hydrogens is 367 g/mol. The molecule has 7 heteroatoms. The minimum absolute atomic E-state index is 0.0855. The van der Waals surface area contributed by atoms with Gasteiger partial charge in [0.15, 0.2) is 16.6 Å². The van der Waals surface area contributed by atoms with Crippen molar-refractivity contribution in [3.05, 3.63) is 63.6 Å². The van der Waals surface area contributed by atoms with Crippen molar-refractivity contribution in [1.82, 2.24) is 10.6 Å². The third-order valence-corrected chi connectivity index (χ3v) is 4.81. The van der Waals surface area contributed by atoms with E-state index in [2.05, 4.69) is 10.6 Å². The first kappa shape index (κ1) is 15.6. The third kappa shape index (κ3) is 2.90. The lowest BCUT2D eigenvalue weighted by Crippen LogP contribution is -2.40. The SMILES string of the molecule is S=C1NC(c2ccc(Cl)c(Cl)c2)=CC(c2ccc3c(c2)OCO3)N1. The highest BCUT2D eigenvalue weighted by Gasteiger charge is 2.21. The number of benzene rings is 2. The summed E-state index contributed by atoms with van der Waals surface area (Å²) in [4.78, 5) is 0. The zero-order valence-corrected chi connectivity index (χ0v) is 14.6. The van der Waals surface area contributed by atoms with E-state index in [1.807, 2.05) is 36.4 Å². The summed E-state index contributed by atoms with van der Waals surface area (Å²) in [6, 6.07) is 11.2. The molecule has 0 saturated carbocycles. The number of thiocarbonyl (C=S) groups is 1. The Labute approximate surface area is 154 Å². The predicted octanol–water partition coefficient (Wildman–Crippen LogP) is 4.28. The topological polar surface area (TPSA) is 42.5 Å². The molecule has 2 aromatic rings. The van der Waals surface area contributed by atoms with Gasteiger partial charge in [-0.15, -0.1) is 0 Å². The number of hydrogen-bond donors (Lipinski definition) is 2. The molecule has 4 nitrogen and oxygen atoms in total. The van der Waals surface area contributed by atoms with Crippen molar-refractivity contribution in [2.75, 3.05) is 6.79 Å². The highest BCUT2D eigenvalue weighted by Crippen LogP contribution is 2.35. The standard InChI is InChI=1S/C17H12Cl2N2O2S/c18-11-3-1-9(5-12(11)19)13-7-14(21-17(24)20-13)10-2-4-15-16(6-10)23-8-22-15/h1-7,14H,8H2,(H2,20,21,24). The molecule has 0 aliphatic carbocycles. The number of rotatable bonds is 2. The Kier molecular flexibility index (Phi) is 4.00. The van der Waals surface area contributed by atoms with Crippen LogP contribution in [0.2, 0.25) is 10.0 Å². The van der Waals surface area contributed by atoms with Gasteiger partial charge in [0.2, 0.25) is 6.79 Å². The normalized spacial score (nSPS) is 18.7. The van der Waals surface area contributed by atoms with E-state index in [0.717, 1.165) is 28.3 Å². The smallest absolute Gasteiger partial charge is 0.231 e. The Morgan fingerprint density at radius 3 is 2.67 bits per heavy atom. The molecule has 2 heterocycles.